The number of ether oxygens (including phenoxy) is 2. The lowest BCUT2D eigenvalue weighted by Gasteiger charge is -2.21. The fourth-order valence-electron chi connectivity index (χ4n) is 0.422. The highest BCUT2D eigenvalue weighted by Gasteiger charge is 2.08. The van der Waals surface area contributed by atoms with Crippen LogP contribution in [-0.2, 0) is 9.47 Å². The fourth-order valence-corrected chi connectivity index (χ4v) is 0.665. The van der Waals surface area contributed by atoms with Crippen LogP contribution in [0.5, 0.6) is 0 Å². The van der Waals surface area contributed by atoms with Gasteiger partial charge in [-0.05, 0) is 0 Å². The first-order valence-electron chi connectivity index (χ1n) is 2.15. The molecule has 0 aromatic heterocycles. The Balaban J connectivity index is 2.13. The van der Waals surface area contributed by atoms with Gasteiger partial charge in [-0.25, -0.2) is 0 Å². The van der Waals surface area contributed by atoms with Gasteiger partial charge in [0.15, 0.2) is 0 Å². The lowest BCUT2D eigenvalue weighted by molar-refractivity contribution is -0.152. The molecule has 4 nitrogen and oxygen atoms in total. The summed E-state index contributed by atoms with van der Waals surface area (Å²) in [6.07, 6.45) is 0. The van der Waals surface area contributed by atoms with Gasteiger partial charge in [0, 0.05) is 0 Å². The smallest absolute Gasteiger partial charge is 0.150 e. The molecular weight excluding hydrogens is 130 g/mol. The van der Waals surface area contributed by atoms with E-state index in [4.69, 9.17) is 14.0 Å². The van der Waals surface area contributed by atoms with Gasteiger partial charge < -0.3 is 14.0 Å². The molecule has 1 saturated heterocycles. The van der Waals surface area contributed by atoms with Crippen LogP contribution in [0.25, 0.3) is 0 Å². The van der Waals surface area contributed by atoms with E-state index in [1.165, 1.54) is 0 Å². The van der Waals surface area contributed by atoms with Gasteiger partial charge in [-0.1, -0.05) is 0 Å². The molecule has 8 heavy (non-hydrogen) atoms. The minimum atomic E-state index is 0.330. The second kappa shape index (κ2) is 3.26. The summed E-state index contributed by atoms with van der Waals surface area (Å²) in [5.41, 5.74) is 0. The summed E-state index contributed by atoms with van der Waals surface area (Å²) in [5.74, 6) is 0. The normalized spacial score (nSPS) is 23.6. The molecule has 0 atom stereocenters. The van der Waals surface area contributed by atoms with Gasteiger partial charge in [0.2, 0.25) is 0 Å². The van der Waals surface area contributed by atoms with Crippen LogP contribution < -0.4 is 0 Å². The van der Waals surface area contributed by atoms with Crippen LogP contribution in [0, 0.1) is 0 Å². The van der Waals surface area contributed by atoms with E-state index in [2.05, 4.69) is 0 Å². The van der Waals surface area contributed by atoms with Crippen molar-refractivity contribution in [2.75, 3.05) is 20.3 Å². The predicted molar refractivity (Wildman–Crippen MR) is 28.8 cm³/mol. The molecule has 0 aromatic rings. The van der Waals surface area contributed by atoms with Gasteiger partial charge in [0.05, 0.1) is 12.2 Å². The molecule has 1 fully saturated rings. The zero-order valence-corrected chi connectivity index (χ0v) is 5.06. The molecular formula is C3H7NO3S. The first-order chi connectivity index (χ1) is 3.93. The molecule has 1 N–H and O–H groups in total. The summed E-state index contributed by atoms with van der Waals surface area (Å²) < 4.78 is 19.5. The maximum absolute atomic E-state index is 8.37. The average molecular weight is 137 g/mol. The van der Waals surface area contributed by atoms with Gasteiger partial charge in [-0.3, -0.25) is 0 Å². The second-order valence-electron chi connectivity index (χ2n) is 1.35. The summed E-state index contributed by atoms with van der Waals surface area (Å²) in [7, 11) is 0. The highest BCUT2D eigenvalue weighted by atomic mass is 32.2. The van der Waals surface area contributed by atoms with Gasteiger partial charge >= 0.3 is 0 Å². The molecule has 0 unspecified atom stereocenters. The third-order valence-corrected chi connectivity index (χ3v) is 1.19. The summed E-state index contributed by atoms with van der Waals surface area (Å²) in [6, 6.07) is 0. The Morgan fingerprint density at radius 2 is 2.00 bits per heavy atom. The van der Waals surface area contributed by atoms with Crippen LogP contribution >= 0.6 is 12.2 Å². The Hall–Kier alpha value is 0.190. The highest BCUT2D eigenvalue weighted by molar-refractivity contribution is 7.91. The Kier molecular flexibility index (Phi) is 2.57. The van der Waals surface area contributed by atoms with Crippen molar-refractivity contribution >= 4 is 12.2 Å². The van der Waals surface area contributed by atoms with E-state index in [-0.39, 0.29) is 0 Å². The molecule has 0 spiro atoms. The largest absolute Gasteiger partial charge is 0.339 e. The van der Waals surface area contributed by atoms with Crippen LogP contribution in [0.4, 0.5) is 0 Å². The number of rotatable bonds is 1. The summed E-state index contributed by atoms with van der Waals surface area (Å²) in [6.45, 7) is 1.19. The van der Waals surface area contributed by atoms with Crippen LogP contribution in [-0.4, -0.2) is 29.1 Å². The Bertz CT molecular complexity index is 65.5. The Labute approximate surface area is 51.7 Å². The highest BCUT2D eigenvalue weighted by Crippen LogP contribution is 2.07. The minimum absolute atomic E-state index is 0.330. The molecule has 1 rings (SSSR count). The van der Waals surface area contributed by atoms with Crippen molar-refractivity contribution in [3.63, 3.8) is 0 Å². The van der Waals surface area contributed by atoms with E-state index >= 15 is 0 Å². The van der Waals surface area contributed by atoms with Crippen LogP contribution in [0.1, 0.15) is 0 Å². The average Bonchev–Trinajstić information content (AvgIpc) is 1.90. The molecule has 1 aliphatic heterocycles. The van der Waals surface area contributed by atoms with E-state index in [0.717, 1.165) is 0 Å². The molecule has 0 aliphatic carbocycles. The third kappa shape index (κ3) is 1.61. The monoisotopic (exact) mass is 137 g/mol. The molecule has 0 aromatic carbocycles. The summed E-state index contributed by atoms with van der Waals surface area (Å²) >= 11 is 0.629. The Morgan fingerprint density at radius 1 is 1.38 bits per heavy atom. The van der Waals surface area contributed by atoms with Crippen molar-refractivity contribution in [3.8, 4) is 0 Å². The molecule has 0 saturated carbocycles. The van der Waals surface area contributed by atoms with Crippen molar-refractivity contribution in [1.82, 2.24) is 4.31 Å². The lowest BCUT2D eigenvalue weighted by Crippen LogP contribution is -2.28. The minimum Gasteiger partial charge on any atom is -0.339 e. The van der Waals surface area contributed by atoms with E-state index in [1.807, 2.05) is 0 Å². The number of nitrogens with zero attached hydrogens (tertiary/aromatic N) is 1. The molecule has 48 valence electrons. The van der Waals surface area contributed by atoms with Crippen molar-refractivity contribution in [2.24, 2.45) is 0 Å². The predicted octanol–water partition coefficient (Wildman–Crippen LogP) is 0.329. The maximum atomic E-state index is 8.37. The third-order valence-electron chi connectivity index (χ3n) is 0.753. The van der Waals surface area contributed by atoms with Crippen molar-refractivity contribution < 1.29 is 14.0 Å². The fraction of sp³-hybridized carbons (Fsp3) is 1.00. The SMILES string of the molecule is OSN1COCOC1. The number of hydrogen-bond acceptors (Lipinski definition) is 5. The van der Waals surface area contributed by atoms with E-state index < -0.39 is 0 Å². The van der Waals surface area contributed by atoms with E-state index in [1.54, 1.807) is 4.31 Å². The van der Waals surface area contributed by atoms with Crippen molar-refractivity contribution in [1.29, 1.82) is 0 Å². The van der Waals surface area contributed by atoms with Gasteiger partial charge in [0.25, 0.3) is 0 Å². The second-order valence-corrected chi connectivity index (χ2v) is 2.03. The molecule has 0 bridgehead atoms. The summed E-state index contributed by atoms with van der Waals surface area (Å²) in [4.78, 5) is 0. The van der Waals surface area contributed by atoms with E-state index in [0.29, 0.717) is 32.5 Å². The van der Waals surface area contributed by atoms with Gasteiger partial charge in [-0.2, -0.15) is 4.31 Å². The lowest BCUT2D eigenvalue weighted by atomic mass is 11.0. The van der Waals surface area contributed by atoms with E-state index in [9.17, 15) is 0 Å². The molecule has 1 aliphatic rings. The molecule has 0 radical (unpaired) electrons. The molecule has 0 amide bonds. The Morgan fingerprint density at radius 3 is 2.38 bits per heavy atom. The van der Waals surface area contributed by atoms with Crippen LogP contribution in [0.2, 0.25) is 0 Å². The number of hydrogen-bond donors (Lipinski definition) is 1. The standard InChI is InChI=1S/C3H7NO3S/c5-8-4-1-6-3-7-2-4/h5H,1-3H2. The first kappa shape index (κ1) is 6.31. The summed E-state index contributed by atoms with van der Waals surface area (Å²) in [5, 5.41) is 0. The maximum Gasteiger partial charge on any atom is 0.150 e. The quantitative estimate of drug-likeness (QED) is 0.416. The van der Waals surface area contributed by atoms with Gasteiger partial charge in [-0.15, -0.1) is 0 Å². The van der Waals surface area contributed by atoms with Crippen LogP contribution in [0.3, 0.4) is 0 Å². The first-order valence-corrected chi connectivity index (χ1v) is 2.88. The zero-order valence-electron chi connectivity index (χ0n) is 4.24. The van der Waals surface area contributed by atoms with Crippen molar-refractivity contribution in [3.05, 3.63) is 0 Å². The van der Waals surface area contributed by atoms with Crippen LogP contribution in [0.15, 0.2) is 0 Å². The molecule has 1 heterocycles. The van der Waals surface area contributed by atoms with Gasteiger partial charge in [0.1, 0.15) is 20.3 Å². The molecule has 5 heteroatoms. The topological polar surface area (TPSA) is 41.9 Å². The zero-order chi connectivity index (χ0) is 5.82. The van der Waals surface area contributed by atoms with Crippen molar-refractivity contribution in [2.45, 2.75) is 0 Å².